The lowest BCUT2D eigenvalue weighted by Gasteiger charge is -2.41. The Balaban J connectivity index is 1.52. The van der Waals surface area contributed by atoms with E-state index in [4.69, 9.17) is 16.6 Å². The number of aliphatic hydroxyl groups is 1. The largest absolute Gasteiger partial charge is 0.507 e. The quantitative estimate of drug-likeness (QED) is 0.0387. The van der Waals surface area contributed by atoms with Gasteiger partial charge < -0.3 is 86.2 Å². The number of benzene rings is 2. The number of fused-ring (bicyclic) bond motifs is 1. The molecule has 1 aromatic heterocycles. The maximum absolute atomic E-state index is 16.9. The fraction of sp³-hybridized carbons (Fsp3) is 0.659. The van der Waals surface area contributed by atoms with Crippen LogP contribution in [0.4, 0.5) is 20.5 Å². The molecule has 668 valence electrons. The fourth-order valence-corrected chi connectivity index (χ4v) is 15.4. The summed E-state index contributed by atoms with van der Waals surface area (Å²) in [7, 11) is 9.60. The zero-order valence-corrected chi connectivity index (χ0v) is 75.1. The van der Waals surface area contributed by atoms with Gasteiger partial charge in [-0.25, -0.2) is 13.8 Å². The molecule has 5 rings (SSSR count). The summed E-state index contributed by atoms with van der Waals surface area (Å²) in [4.78, 5) is 210. The normalized spacial score (nSPS) is 23.1. The van der Waals surface area contributed by atoms with Crippen LogP contribution in [0.15, 0.2) is 36.9 Å². The molecule has 8 N–H and O–H groups in total. The molecule has 120 heavy (non-hydrogen) atoms. The van der Waals surface area contributed by atoms with Gasteiger partial charge in [-0.1, -0.05) is 121 Å². The number of amides is 12. The number of likely N-dealkylation sites (N-methyl/N-ethyl adjacent to an activating group) is 7. The van der Waals surface area contributed by atoms with Gasteiger partial charge in [0.15, 0.2) is 5.82 Å². The second-order valence-electron chi connectivity index (χ2n) is 34.4. The minimum absolute atomic E-state index is 0.0512. The maximum atomic E-state index is 16.9. The van der Waals surface area contributed by atoms with Crippen molar-refractivity contribution in [2.45, 2.75) is 222 Å². The van der Waals surface area contributed by atoms with Crippen LogP contribution in [0.5, 0.6) is 5.75 Å². The van der Waals surface area contributed by atoms with Crippen molar-refractivity contribution in [3.63, 3.8) is 0 Å². The molecule has 0 saturated carbocycles. The number of hydrogen-bond donors (Lipinski definition) is 8. The first kappa shape index (κ1) is 101. The van der Waals surface area contributed by atoms with E-state index in [9.17, 15) is 53.4 Å². The molecular weight excluding hydrogens is 1570 g/mol. The number of aromatic hydroxyl groups is 1. The molecule has 3 aromatic rings. The lowest BCUT2D eigenvalue weighted by molar-refractivity contribution is -0.157. The van der Waals surface area contributed by atoms with Gasteiger partial charge in [-0.05, 0) is 125 Å². The van der Waals surface area contributed by atoms with E-state index in [1.165, 1.54) is 112 Å². The fourth-order valence-electron chi connectivity index (χ4n) is 15.1. The summed E-state index contributed by atoms with van der Waals surface area (Å²) in [6, 6.07) is -8.46. The second kappa shape index (κ2) is 45.3. The maximum Gasteiger partial charge on any atom is 0.246 e. The summed E-state index contributed by atoms with van der Waals surface area (Å²) in [5.41, 5.74) is -1.22. The number of halogens is 3. The first-order valence-electron chi connectivity index (χ1n) is 41.6. The number of rotatable bonds is 25. The Bertz CT molecular complexity index is 4140. The average molecular weight is 1710 g/mol. The zero-order chi connectivity index (χ0) is 90.7. The van der Waals surface area contributed by atoms with E-state index in [1.807, 2.05) is 55.4 Å². The Morgan fingerprint density at radius 3 is 1.65 bits per heavy atom. The number of carbonyl (C=O) groups is 13. The highest BCUT2D eigenvalue weighted by Gasteiger charge is 2.46. The van der Waals surface area contributed by atoms with Gasteiger partial charge in [0.2, 0.25) is 76.8 Å². The number of anilines is 2. The molecule has 2 fully saturated rings. The van der Waals surface area contributed by atoms with Gasteiger partial charge in [0, 0.05) is 99.4 Å². The van der Waals surface area contributed by atoms with Crippen LogP contribution in [-0.2, 0) is 62.3 Å². The van der Waals surface area contributed by atoms with E-state index < -0.39 is 184 Å². The van der Waals surface area contributed by atoms with Crippen molar-refractivity contribution in [3.05, 3.63) is 53.6 Å². The summed E-state index contributed by atoms with van der Waals surface area (Å²) >= 11 is 6.67. The van der Waals surface area contributed by atoms with Crippen LogP contribution in [-0.4, -0.2) is 304 Å². The Morgan fingerprint density at radius 1 is 0.600 bits per heavy atom. The zero-order valence-electron chi connectivity index (χ0n) is 74.3. The molecule has 32 nitrogen and oxygen atoms in total. The summed E-state index contributed by atoms with van der Waals surface area (Å²) in [6.45, 7) is 31.2. The van der Waals surface area contributed by atoms with Crippen LogP contribution in [0.25, 0.3) is 22.0 Å². The number of ketones is 1. The number of carbonyl (C=O) groups excluding carboxylic acids is 13. The summed E-state index contributed by atoms with van der Waals surface area (Å²) in [6.07, 6.45) is -0.330. The summed E-state index contributed by atoms with van der Waals surface area (Å²) in [5, 5.41) is 40.3. The molecule has 12 atom stereocenters. The molecule has 0 unspecified atom stereocenters. The molecule has 0 aliphatic carbocycles. The van der Waals surface area contributed by atoms with E-state index >= 15 is 28.0 Å². The van der Waals surface area contributed by atoms with Crippen LogP contribution >= 0.6 is 11.6 Å². The summed E-state index contributed by atoms with van der Waals surface area (Å²) in [5.74, 6) is -14.3. The molecule has 35 heteroatoms. The predicted octanol–water partition coefficient (Wildman–Crippen LogP) is 5.44. The number of phenols is 1. The Hall–Kier alpha value is -9.70. The highest BCUT2D eigenvalue weighted by Crippen LogP contribution is 2.43. The lowest BCUT2D eigenvalue weighted by atomic mass is 9.91. The van der Waals surface area contributed by atoms with Crippen LogP contribution in [0.1, 0.15) is 156 Å². The van der Waals surface area contributed by atoms with E-state index in [1.54, 1.807) is 51.3 Å². The number of Topliss-reactive ketones (excluding diaryl/α,β-unsaturated/α-hetero) is 1. The predicted molar refractivity (Wildman–Crippen MR) is 455 cm³/mol. The second-order valence-corrected chi connectivity index (χ2v) is 34.8. The molecule has 2 aliphatic rings. The van der Waals surface area contributed by atoms with Gasteiger partial charge in [-0.15, -0.1) is 0 Å². The molecule has 12 amide bonds. The SMILES string of the molecule is C=CC(=O)N1CCN(c2nc(NCCC(=O)CNCC[C@@H](C)[C@@H](O)[C@H]3C(=O)N[C@@H](CC)C(=O)N(C)CC(=O)N(C)[C@@H](CC(C)C)C(=O)N[C@@H](C(C)C)C(=O)N(C)[C@@H](CC(C)C)C(=O)N[C@@H](C)C(=O)N[C@H](C)C(=O)N(C)[C@@H](CC(C)C)C(=O)N(C)[C@@H](CC(C)C)C(=O)N(C)[C@@H](C(C)C)C(=O)N3C)nc3c(F)c(-c4c(O)cccc4F)c(Cl)cc23)CC1. The van der Waals surface area contributed by atoms with Crippen molar-refractivity contribution in [1.29, 1.82) is 0 Å². The third-order valence-electron chi connectivity index (χ3n) is 22.3. The van der Waals surface area contributed by atoms with Crippen molar-refractivity contribution < 1.29 is 81.3 Å². The topological polar surface area (TPSA) is 389 Å². The molecule has 0 radical (unpaired) electrons. The van der Waals surface area contributed by atoms with Crippen LogP contribution in [0.3, 0.4) is 0 Å². The van der Waals surface area contributed by atoms with Crippen molar-refractivity contribution >= 4 is 111 Å². The number of nitrogens with zero attached hydrogens (tertiary/aromatic N) is 11. The van der Waals surface area contributed by atoms with Crippen molar-refractivity contribution in [1.82, 2.24) is 75.8 Å². The van der Waals surface area contributed by atoms with Crippen LogP contribution in [0.2, 0.25) is 5.02 Å². The average Bonchev–Trinajstić information content (AvgIpc) is 0.747. The minimum Gasteiger partial charge on any atom is -0.507 e. The van der Waals surface area contributed by atoms with Gasteiger partial charge in [-0.3, -0.25) is 62.3 Å². The smallest absolute Gasteiger partial charge is 0.246 e. The van der Waals surface area contributed by atoms with Crippen molar-refractivity contribution in [3.8, 4) is 16.9 Å². The summed E-state index contributed by atoms with van der Waals surface area (Å²) < 4.78 is 32.3. The molecule has 2 aliphatic heterocycles. The number of phenolic OH excluding ortho intramolecular Hbond substituents is 1. The third kappa shape index (κ3) is 25.9. The molecule has 2 aromatic carbocycles. The number of aromatic nitrogens is 2. The Labute approximate surface area is 710 Å². The highest BCUT2D eigenvalue weighted by molar-refractivity contribution is 6.34. The lowest BCUT2D eigenvalue weighted by Crippen LogP contribution is -2.63. The van der Waals surface area contributed by atoms with Crippen LogP contribution < -0.4 is 36.8 Å². The number of nitrogens with one attached hydrogen (secondary N) is 6. The molecule has 2 saturated heterocycles. The van der Waals surface area contributed by atoms with E-state index in [0.29, 0.717) is 0 Å². The van der Waals surface area contributed by atoms with E-state index in [-0.39, 0.29) is 154 Å². The van der Waals surface area contributed by atoms with Gasteiger partial charge >= 0.3 is 0 Å². The van der Waals surface area contributed by atoms with Gasteiger partial charge in [0.1, 0.15) is 89.1 Å². The van der Waals surface area contributed by atoms with Gasteiger partial charge in [0.25, 0.3) is 0 Å². The standard InChI is InChI=1S/C85H132ClF2N17O15/c1-25-58-80(116)97(18)44-65(109)98(19)59(38-45(3)4)77(113)94-69(49(11)12)83(119)99(20)60(39-46(5)6)76(112)91-52(16)75(111)92-53(17)79(115)100(21)61(40-47(7)8)81(117)101(22)62(41-48(9)10)82(118)102(23)71(50(13)14)84(120)103(24)72(78(114)93-58)73(110)51(15)30-32-89-43-54(106)31-33-90-85-95-70-55(74(96-85)105-36-34-104(35-37-105)64(108)26-2)42-56(86)66(68(70)88)67-57(87)28-27-29-63(67)107/h26-29,42,45-53,58-62,69,71-73,89,107,110H,2,25,30-41,43-44H2,1,3-24H3,(H,91,112)(H,92,111)(H,93,114)(H,94,113)(H,90,95,96)/t51-,52+,53-,58+,59+,60+,61+,62+,69+,71+,72+,73-/m1/s1. The highest BCUT2D eigenvalue weighted by atomic mass is 35.5. The molecule has 3 heterocycles. The minimum atomic E-state index is -1.82. The van der Waals surface area contributed by atoms with Crippen molar-refractivity contribution in [2.75, 3.05) is 112 Å². The van der Waals surface area contributed by atoms with Crippen LogP contribution in [0, 0.1) is 53.1 Å². The molecule has 0 bridgehead atoms. The first-order chi connectivity index (χ1) is 56.0. The molecular formula is C85H132ClF2N17O15. The molecule has 0 spiro atoms. The van der Waals surface area contributed by atoms with Gasteiger partial charge in [0.05, 0.1) is 29.8 Å². The Morgan fingerprint density at radius 2 is 1.12 bits per heavy atom. The van der Waals surface area contributed by atoms with Crippen molar-refractivity contribution in [2.24, 2.45) is 41.4 Å². The third-order valence-corrected chi connectivity index (χ3v) is 22.6. The Kier molecular flexibility index (Phi) is 38.0. The number of piperazine rings is 1. The van der Waals surface area contributed by atoms with E-state index in [2.05, 4.69) is 43.5 Å². The first-order valence-corrected chi connectivity index (χ1v) is 42.0. The monoisotopic (exact) mass is 1700 g/mol. The van der Waals surface area contributed by atoms with Gasteiger partial charge in [-0.2, -0.15) is 4.98 Å². The van der Waals surface area contributed by atoms with E-state index in [0.717, 1.165) is 15.9 Å². The number of aliphatic hydroxyl groups excluding tert-OH is 1. The number of hydrogen-bond acceptors (Lipinski definition) is 20.